The van der Waals surface area contributed by atoms with Gasteiger partial charge in [0.2, 0.25) is 0 Å². The van der Waals surface area contributed by atoms with Crippen molar-refractivity contribution in [1.29, 1.82) is 0 Å². The van der Waals surface area contributed by atoms with Crippen LogP contribution in [0.1, 0.15) is 16.7 Å². The second-order valence-corrected chi connectivity index (χ2v) is 5.59. The molecule has 3 aromatic rings. The van der Waals surface area contributed by atoms with Crippen LogP contribution in [0.4, 0.5) is 0 Å². The minimum atomic E-state index is -0.816. The van der Waals surface area contributed by atoms with Gasteiger partial charge in [-0.3, -0.25) is 0 Å². The van der Waals surface area contributed by atoms with E-state index >= 15 is 0 Å². The summed E-state index contributed by atoms with van der Waals surface area (Å²) in [5.41, 5.74) is 1.57. The molecule has 0 saturated carbocycles. The van der Waals surface area contributed by atoms with Crippen LogP contribution < -0.4 is 9.47 Å². The van der Waals surface area contributed by atoms with E-state index in [9.17, 15) is 5.11 Å². The van der Waals surface area contributed by atoms with E-state index in [0.717, 1.165) is 10.2 Å². The monoisotopic (exact) mass is 301 g/mol. The van der Waals surface area contributed by atoms with Crippen molar-refractivity contribution in [2.24, 2.45) is 0 Å². The van der Waals surface area contributed by atoms with Gasteiger partial charge >= 0.3 is 0 Å². The summed E-state index contributed by atoms with van der Waals surface area (Å²) < 4.78 is 11.6. The molecule has 108 valence electrons. The highest BCUT2D eigenvalue weighted by molar-refractivity contribution is 7.18. The fourth-order valence-corrected chi connectivity index (χ4v) is 3.16. The van der Waals surface area contributed by atoms with Crippen molar-refractivity contribution in [2.45, 2.75) is 6.10 Å². The minimum Gasteiger partial charge on any atom is -0.497 e. The second kappa shape index (κ2) is 5.71. The van der Waals surface area contributed by atoms with Crippen molar-refractivity contribution in [3.8, 4) is 11.5 Å². The summed E-state index contributed by atoms with van der Waals surface area (Å²) in [4.78, 5) is 4.49. The van der Waals surface area contributed by atoms with Crippen molar-refractivity contribution < 1.29 is 14.6 Å². The number of fused-ring (bicyclic) bond motifs is 1. The molecule has 0 aliphatic rings. The van der Waals surface area contributed by atoms with E-state index in [1.54, 1.807) is 32.4 Å². The second-order valence-electron chi connectivity index (χ2n) is 4.53. The highest BCUT2D eigenvalue weighted by atomic mass is 32.1. The Kier molecular flexibility index (Phi) is 3.77. The molecule has 0 aliphatic carbocycles. The van der Waals surface area contributed by atoms with Crippen LogP contribution in [-0.2, 0) is 0 Å². The van der Waals surface area contributed by atoms with Gasteiger partial charge in [-0.1, -0.05) is 12.1 Å². The van der Waals surface area contributed by atoms with Gasteiger partial charge in [0.1, 0.15) is 22.6 Å². The summed E-state index contributed by atoms with van der Waals surface area (Å²) in [5.74, 6) is 1.27. The van der Waals surface area contributed by atoms with Crippen molar-refractivity contribution in [3.63, 3.8) is 0 Å². The minimum absolute atomic E-state index is 0.584. The summed E-state index contributed by atoms with van der Waals surface area (Å²) in [6.07, 6.45) is -0.816. The van der Waals surface area contributed by atoms with Gasteiger partial charge in [-0.15, -0.1) is 11.3 Å². The van der Waals surface area contributed by atoms with Gasteiger partial charge in [0.25, 0.3) is 0 Å². The van der Waals surface area contributed by atoms with E-state index in [1.807, 2.05) is 24.3 Å². The van der Waals surface area contributed by atoms with Crippen LogP contribution in [0.25, 0.3) is 10.2 Å². The van der Waals surface area contributed by atoms with Crippen molar-refractivity contribution in [2.75, 3.05) is 14.2 Å². The molecule has 0 fully saturated rings. The Morgan fingerprint density at radius 1 is 1.10 bits per heavy atom. The van der Waals surface area contributed by atoms with Crippen LogP contribution >= 0.6 is 11.3 Å². The van der Waals surface area contributed by atoms with Crippen LogP contribution in [0.5, 0.6) is 11.5 Å². The Labute approximate surface area is 126 Å². The lowest BCUT2D eigenvalue weighted by Crippen LogP contribution is -2.02. The van der Waals surface area contributed by atoms with Crippen LogP contribution in [-0.4, -0.2) is 24.3 Å². The number of para-hydroxylation sites is 1. The molecule has 0 spiro atoms. The molecule has 1 unspecified atom stereocenters. The number of hydrogen-bond donors (Lipinski definition) is 1. The number of thiazole rings is 1. The largest absolute Gasteiger partial charge is 0.497 e. The van der Waals surface area contributed by atoms with Crippen molar-refractivity contribution in [1.82, 2.24) is 4.98 Å². The highest BCUT2D eigenvalue weighted by Crippen LogP contribution is 2.35. The molecule has 3 rings (SSSR count). The molecular formula is C16H15NO3S. The summed E-state index contributed by atoms with van der Waals surface area (Å²) in [7, 11) is 3.17. The van der Waals surface area contributed by atoms with Gasteiger partial charge in [0, 0.05) is 11.6 Å². The van der Waals surface area contributed by atoms with Gasteiger partial charge < -0.3 is 14.6 Å². The number of hydrogen-bond acceptors (Lipinski definition) is 5. The highest BCUT2D eigenvalue weighted by Gasteiger charge is 2.19. The first-order valence-electron chi connectivity index (χ1n) is 6.48. The zero-order valence-electron chi connectivity index (χ0n) is 11.7. The summed E-state index contributed by atoms with van der Waals surface area (Å²) in [6, 6.07) is 13.2. The van der Waals surface area contributed by atoms with E-state index in [-0.39, 0.29) is 0 Å². The fourth-order valence-electron chi connectivity index (χ4n) is 2.18. The standard InChI is InChI=1S/C16H15NO3S/c1-19-10-7-8-11(13(9-10)20-2)15(18)16-17-12-5-3-4-6-14(12)21-16/h3-9,15,18H,1-2H3. The Morgan fingerprint density at radius 2 is 1.90 bits per heavy atom. The van der Waals surface area contributed by atoms with E-state index in [4.69, 9.17) is 9.47 Å². The third-order valence-electron chi connectivity index (χ3n) is 3.28. The molecule has 4 nitrogen and oxygen atoms in total. The maximum atomic E-state index is 10.6. The number of nitrogens with zero attached hydrogens (tertiary/aromatic N) is 1. The summed E-state index contributed by atoms with van der Waals surface area (Å²) in [6.45, 7) is 0. The van der Waals surface area contributed by atoms with Crippen LogP contribution in [0.3, 0.4) is 0 Å². The fraction of sp³-hybridized carbons (Fsp3) is 0.188. The molecule has 1 N–H and O–H groups in total. The third-order valence-corrected chi connectivity index (χ3v) is 4.37. The number of aromatic nitrogens is 1. The van der Waals surface area contributed by atoms with Crippen molar-refractivity contribution in [3.05, 3.63) is 53.0 Å². The Bertz CT molecular complexity index is 736. The topological polar surface area (TPSA) is 51.6 Å². The summed E-state index contributed by atoms with van der Waals surface area (Å²) >= 11 is 1.48. The molecule has 5 heteroatoms. The Balaban J connectivity index is 2.02. The average molecular weight is 301 g/mol. The number of aliphatic hydroxyl groups is 1. The molecular weight excluding hydrogens is 286 g/mol. The Hall–Kier alpha value is -2.11. The van der Waals surface area contributed by atoms with Crippen LogP contribution in [0, 0.1) is 0 Å². The first kappa shape index (κ1) is 13.9. The first-order valence-corrected chi connectivity index (χ1v) is 7.30. The number of benzene rings is 2. The van der Waals surface area contributed by atoms with E-state index < -0.39 is 6.10 Å². The molecule has 1 atom stereocenters. The van der Waals surface area contributed by atoms with Crippen LogP contribution in [0.15, 0.2) is 42.5 Å². The van der Waals surface area contributed by atoms with E-state index in [2.05, 4.69) is 4.98 Å². The normalized spacial score (nSPS) is 12.3. The third kappa shape index (κ3) is 2.57. The van der Waals surface area contributed by atoms with Gasteiger partial charge in [0.15, 0.2) is 0 Å². The summed E-state index contributed by atoms with van der Waals surface area (Å²) in [5, 5.41) is 11.2. The quantitative estimate of drug-likeness (QED) is 0.802. The number of ether oxygens (including phenoxy) is 2. The van der Waals surface area contributed by atoms with E-state index in [1.165, 1.54) is 11.3 Å². The lowest BCUT2D eigenvalue weighted by Gasteiger charge is -2.13. The first-order chi connectivity index (χ1) is 10.2. The molecule has 1 heterocycles. The smallest absolute Gasteiger partial charge is 0.134 e. The maximum Gasteiger partial charge on any atom is 0.134 e. The molecule has 2 aromatic carbocycles. The molecule has 0 saturated heterocycles. The Morgan fingerprint density at radius 3 is 2.62 bits per heavy atom. The zero-order valence-corrected chi connectivity index (χ0v) is 12.6. The SMILES string of the molecule is COc1ccc(C(O)c2nc3ccccc3s2)c(OC)c1. The van der Waals surface area contributed by atoms with Gasteiger partial charge in [-0.2, -0.15) is 0 Å². The van der Waals surface area contributed by atoms with E-state index in [0.29, 0.717) is 22.1 Å². The van der Waals surface area contributed by atoms with Crippen molar-refractivity contribution >= 4 is 21.6 Å². The number of rotatable bonds is 4. The van der Waals surface area contributed by atoms with Gasteiger partial charge in [-0.25, -0.2) is 4.98 Å². The lowest BCUT2D eigenvalue weighted by molar-refractivity contribution is 0.214. The van der Waals surface area contributed by atoms with Gasteiger partial charge in [-0.05, 0) is 24.3 Å². The predicted molar refractivity (Wildman–Crippen MR) is 83.2 cm³/mol. The molecule has 0 radical (unpaired) electrons. The molecule has 0 aliphatic heterocycles. The molecule has 0 amide bonds. The van der Waals surface area contributed by atoms with Gasteiger partial charge in [0.05, 0.1) is 24.4 Å². The molecule has 0 bridgehead atoms. The number of aliphatic hydroxyl groups excluding tert-OH is 1. The predicted octanol–water partition coefficient (Wildman–Crippen LogP) is 3.40. The molecule has 1 aromatic heterocycles. The number of methoxy groups -OCH3 is 2. The molecule has 21 heavy (non-hydrogen) atoms. The lowest BCUT2D eigenvalue weighted by atomic mass is 10.1. The maximum absolute atomic E-state index is 10.6. The average Bonchev–Trinajstić information content (AvgIpc) is 2.97. The van der Waals surface area contributed by atoms with Crippen LogP contribution in [0.2, 0.25) is 0 Å². The zero-order chi connectivity index (χ0) is 14.8.